The maximum absolute atomic E-state index is 12.6. The smallest absolute Gasteiger partial charge is 0.329 e. The van der Waals surface area contributed by atoms with Crippen molar-refractivity contribution in [2.24, 2.45) is 5.92 Å². The van der Waals surface area contributed by atoms with Gasteiger partial charge in [0.2, 0.25) is 11.8 Å². The highest BCUT2D eigenvalue weighted by Gasteiger charge is 2.49. The minimum absolute atomic E-state index is 0.0189. The lowest BCUT2D eigenvalue weighted by atomic mass is 9.97. The fourth-order valence-electron chi connectivity index (χ4n) is 3.16. The number of nitrogens with zero attached hydrogens (tertiary/aromatic N) is 2. The monoisotopic (exact) mass is 282 g/mol. The summed E-state index contributed by atoms with van der Waals surface area (Å²) in [6, 6.07) is 0.0738. The van der Waals surface area contributed by atoms with Crippen molar-refractivity contribution in [1.82, 2.24) is 9.80 Å². The molecule has 0 spiro atoms. The lowest BCUT2D eigenvalue weighted by Gasteiger charge is -2.33. The molecule has 6 nitrogen and oxygen atoms in total. The van der Waals surface area contributed by atoms with Crippen molar-refractivity contribution >= 4 is 17.8 Å². The highest BCUT2D eigenvalue weighted by atomic mass is 16.4. The molecule has 0 bridgehead atoms. The maximum Gasteiger partial charge on any atom is 0.329 e. The molecule has 2 fully saturated rings. The van der Waals surface area contributed by atoms with Crippen molar-refractivity contribution in [1.29, 1.82) is 0 Å². The van der Waals surface area contributed by atoms with Gasteiger partial charge in [-0.25, -0.2) is 4.79 Å². The van der Waals surface area contributed by atoms with Crippen LogP contribution in [0.3, 0.4) is 0 Å². The normalized spacial score (nSPS) is 30.4. The molecule has 2 rings (SSSR count). The Labute approximate surface area is 118 Å². The quantitative estimate of drug-likeness (QED) is 0.827. The summed E-state index contributed by atoms with van der Waals surface area (Å²) < 4.78 is 0. The van der Waals surface area contributed by atoms with Crippen LogP contribution >= 0.6 is 0 Å². The second kappa shape index (κ2) is 5.07. The van der Waals surface area contributed by atoms with Gasteiger partial charge in [-0.05, 0) is 33.6 Å². The van der Waals surface area contributed by atoms with Crippen LogP contribution in [0.25, 0.3) is 0 Å². The number of carboxylic acid groups (broad SMARTS) is 1. The second-order valence-electron chi connectivity index (χ2n) is 6.21. The summed E-state index contributed by atoms with van der Waals surface area (Å²) in [5, 5.41) is 9.36. The van der Waals surface area contributed by atoms with Crippen molar-refractivity contribution in [2.75, 3.05) is 13.1 Å². The predicted octanol–water partition coefficient (Wildman–Crippen LogP) is 0.709. The maximum atomic E-state index is 12.6. The zero-order chi connectivity index (χ0) is 15.1. The Kier molecular flexibility index (Phi) is 3.75. The molecule has 1 N–H and O–H groups in total. The fourth-order valence-corrected chi connectivity index (χ4v) is 3.16. The molecule has 2 aliphatic rings. The van der Waals surface area contributed by atoms with E-state index in [2.05, 4.69) is 0 Å². The molecule has 0 aromatic heterocycles. The Morgan fingerprint density at radius 1 is 1.40 bits per heavy atom. The van der Waals surface area contributed by atoms with Crippen molar-refractivity contribution in [3.05, 3.63) is 0 Å². The van der Waals surface area contributed by atoms with Crippen LogP contribution in [-0.2, 0) is 14.4 Å². The number of carboxylic acids is 1. The van der Waals surface area contributed by atoms with Crippen LogP contribution in [0.5, 0.6) is 0 Å². The van der Waals surface area contributed by atoms with E-state index < -0.39 is 17.4 Å². The van der Waals surface area contributed by atoms with Gasteiger partial charge in [-0.3, -0.25) is 9.59 Å². The van der Waals surface area contributed by atoms with Gasteiger partial charge < -0.3 is 14.9 Å². The molecule has 2 heterocycles. The zero-order valence-electron chi connectivity index (χ0n) is 12.3. The summed E-state index contributed by atoms with van der Waals surface area (Å²) in [6.45, 7) is 6.30. The number of amides is 2. The molecule has 2 unspecified atom stereocenters. The zero-order valence-corrected chi connectivity index (χ0v) is 12.3. The fraction of sp³-hybridized carbons (Fsp3) is 0.786. The summed E-state index contributed by atoms with van der Waals surface area (Å²) in [7, 11) is 0. The molecule has 0 saturated carbocycles. The van der Waals surface area contributed by atoms with Gasteiger partial charge in [0.05, 0.1) is 5.92 Å². The number of carbonyl (C=O) groups excluding carboxylic acids is 2. The van der Waals surface area contributed by atoms with Crippen LogP contribution in [0.15, 0.2) is 0 Å². The first-order valence-corrected chi connectivity index (χ1v) is 7.11. The third-order valence-corrected chi connectivity index (χ3v) is 4.50. The van der Waals surface area contributed by atoms with Crippen molar-refractivity contribution in [3.8, 4) is 0 Å². The van der Waals surface area contributed by atoms with Crippen LogP contribution in [0.2, 0.25) is 0 Å². The summed E-state index contributed by atoms with van der Waals surface area (Å²) in [5.41, 5.74) is -1.12. The van der Waals surface area contributed by atoms with E-state index in [4.69, 9.17) is 0 Å². The lowest BCUT2D eigenvalue weighted by Crippen LogP contribution is -2.52. The van der Waals surface area contributed by atoms with Gasteiger partial charge in [0, 0.05) is 25.6 Å². The van der Waals surface area contributed by atoms with Crippen LogP contribution in [0.4, 0.5) is 0 Å². The van der Waals surface area contributed by atoms with Crippen molar-refractivity contribution < 1.29 is 19.5 Å². The Morgan fingerprint density at radius 2 is 2.05 bits per heavy atom. The SMILES string of the molecule is CC(C)N1CC(C(=O)N2CCCC2(C)C(=O)O)CC1=O. The number of carbonyl (C=O) groups is 3. The Hall–Kier alpha value is -1.59. The average molecular weight is 282 g/mol. The molecule has 2 aliphatic heterocycles. The van der Waals surface area contributed by atoms with E-state index in [9.17, 15) is 19.5 Å². The van der Waals surface area contributed by atoms with Crippen molar-refractivity contribution in [2.45, 2.75) is 51.6 Å². The Morgan fingerprint density at radius 3 is 2.55 bits per heavy atom. The summed E-state index contributed by atoms with van der Waals surface area (Å²) in [6.07, 6.45) is 1.37. The van der Waals surface area contributed by atoms with E-state index in [0.717, 1.165) is 0 Å². The molecule has 6 heteroatoms. The standard InChI is InChI=1S/C14H22N2O4/c1-9(2)15-8-10(7-11(15)17)12(18)16-6-4-5-14(16,3)13(19)20/h9-10H,4-8H2,1-3H3,(H,19,20). The molecule has 2 saturated heterocycles. The second-order valence-corrected chi connectivity index (χ2v) is 6.21. The van der Waals surface area contributed by atoms with Crippen LogP contribution in [0, 0.1) is 5.92 Å². The van der Waals surface area contributed by atoms with E-state index in [1.807, 2.05) is 13.8 Å². The molecular weight excluding hydrogens is 260 g/mol. The third-order valence-electron chi connectivity index (χ3n) is 4.50. The van der Waals surface area contributed by atoms with E-state index in [-0.39, 0.29) is 24.3 Å². The number of aliphatic carboxylic acids is 1. The molecule has 112 valence electrons. The minimum Gasteiger partial charge on any atom is -0.480 e. The molecule has 0 aliphatic carbocycles. The van der Waals surface area contributed by atoms with E-state index in [1.165, 1.54) is 4.90 Å². The van der Waals surface area contributed by atoms with Gasteiger partial charge in [-0.15, -0.1) is 0 Å². The van der Waals surface area contributed by atoms with Crippen LogP contribution in [0.1, 0.15) is 40.0 Å². The minimum atomic E-state index is -1.12. The predicted molar refractivity (Wildman–Crippen MR) is 71.9 cm³/mol. The summed E-state index contributed by atoms with van der Waals surface area (Å²) in [5.74, 6) is -1.58. The van der Waals surface area contributed by atoms with E-state index >= 15 is 0 Å². The highest BCUT2D eigenvalue weighted by Crippen LogP contribution is 2.33. The summed E-state index contributed by atoms with van der Waals surface area (Å²) in [4.78, 5) is 39.0. The largest absolute Gasteiger partial charge is 0.480 e. The third kappa shape index (κ3) is 2.27. The van der Waals surface area contributed by atoms with Gasteiger partial charge in [0.15, 0.2) is 0 Å². The number of rotatable bonds is 3. The molecular formula is C14H22N2O4. The molecule has 0 aromatic carbocycles. The van der Waals surface area contributed by atoms with Gasteiger partial charge in [0.1, 0.15) is 5.54 Å². The molecule has 2 atom stereocenters. The van der Waals surface area contributed by atoms with Crippen LogP contribution < -0.4 is 0 Å². The highest BCUT2D eigenvalue weighted by molar-refractivity contribution is 5.93. The molecule has 20 heavy (non-hydrogen) atoms. The van der Waals surface area contributed by atoms with E-state index in [0.29, 0.717) is 25.9 Å². The molecule has 0 aromatic rings. The number of hydrogen-bond donors (Lipinski definition) is 1. The first-order chi connectivity index (χ1) is 9.27. The average Bonchev–Trinajstić information content (AvgIpc) is 2.93. The Bertz CT molecular complexity index is 448. The van der Waals surface area contributed by atoms with Gasteiger partial charge in [-0.2, -0.15) is 0 Å². The molecule has 2 amide bonds. The van der Waals surface area contributed by atoms with Gasteiger partial charge >= 0.3 is 5.97 Å². The summed E-state index contributed by atoms with van der Waals surface area (Å²) >= 11 is 0. The van der Waals surface area contributed by atoms with Crippen molar-refractivity contribution in [3.63, 3.8) is 0 Å². The first-order valence-electron chi connectivity index (χ1n) is 7.11. The Balaban J connectivity index is 2.13. The number of likely N-dealkylation sites (tertiary alicyclic amines) is 2. The van der Waals surface area contributed by atoms with Gasteiger partial charge in [0.25, 0.3) is 0 Å². The first kappa shape index (κ1) is 14.8. The lowest BCUT2D eigenvalue weighted by molar-refractivity contribution is -0.156. The van der Waals surface area contributed by atoms with E-state index in [1.54, 1.807) is 11.8 Å². The van der Waals surface area contributed by atoms with Gasteiger partial charge in [-0.1, -0.05) is 0 Å². The number of hydrogen-bond acceptors (Lipinski definition) is 3. The molecule has 0 radical (unpaired) electrons. The van der Waals surface area contributed by atoms with Crippen LogP contribution in [-0.4, -0.2) is 57.4 Å². The topological polar surface area (TPSA) is 77.9 Å².